The van der Waals surface area contributed by atoms with Gasteiger partial charge < -0.3 is 16.0 Å². The van der Waals surface area contributed by atoms with E-state index < -0.39 is 5.54 Å². The molecule has 2 rings (SSSR count). The molecule has 3 unspecified atom stereocenters. The molecular formula is C15H29N3O. The van der Waals surface area contributed by atoms with Crippen molar-refractivity contribution in [2.45, 2.75) is 51.0 Å². The van der Waals surface area contributed by atoms with Crippen LogP contribution in [0, 0.1) is 11.8 Å². The van der Waals surface area contributed by atoms with E-state index in [0.717, 1.165) is 38.1 Å². The SMILES string of the molecule is CNC1(C(N)=O)CCCC1CCN1CCCC(C)C1. The van der Waals surface area contributed by atoms with E-state index in [-0.39, 0.29) is 5.91 Å². The van der Waals surface area contributed by atoms with Gasteiger partial charge in [-0.3, -0.25) is 4.79 Å². The first-order chi connectivity index (χ1) is 9.08. The number of hydrogen-bond donors (Lipinski definition) is 2. The molecule has 1 saturated carbocycles. The molecule has 0 radical (unpaired) electrons. The smallest absolute Gasteiger partial charge is 0.238 e. The predicted octanol–water partition coefficient (Wildman–Crippen LogP) is 1.35. The van der Waals surface area contributed by atoms with Gasteiger partial charge in [0.25, 0.3) is 0 Å². The molecule has 3 atom stereocenters. The minimum absolute atomic E-state index is 0.162. The Hall–Kier alpha value is -0.610. The molecule has 0 aromatic heterocycles. The number of nitrogens with zero attached hydrogens (tertiary/aromatic N) is 1. The summed E-state index contributed by atoms with van der Waals surface area (Å²) in [5.41, 5.74) is 5.21. The van der Waals surface area contributed by atoms with Gasteiger partial charge in [0.2, 0.25) is 5.91 Å². The van der Waals surface area contributed by atoms with Crippen LogP contribution in [0.2, 0.25) is 0 Å². The van der Waals surface area contributed by atoms with Gasteiger partial charge in [-0.25, -0.2) is 0 Å². The van der Waals surface area contributed by atoms with Crippen LogP contribution < -0.4 is 11.1 Å². The van der Waals surface area contributed by atoms with Crippen molar-refractivity contribution in [1.29, 1.82) is 0 Å². The molecule has 1 aliphatic heterocycles. The molecular weight excluding hydrogens is 238 g/mol. The highest BCUT2D eigenvalue weighted by Gasteiger charge is 2.46. The zero-order chi connectivity index (χ0) is 13.9. The standard InChI is InChI=1S/C15H29N3O/c1-12-5-4-9-18(11-12)10-7-13-6-3-8-15(13,17-2)14(16)19/h12-13,17H,3-11H2,1-2H3,(H2,16,19). The second-order valence-corrected chi connectivity index (χ2v) is 6.51. The Morgan fingerprint density at radius 1 is 1.42 bits per heavy atom. The van der Waals surface area contributed by atoms with Gasteiger partial charge in [-0.2, -0.15) is 0 Å². The Labute approximate surface area is 117 Å². The van der Waals surface area contributed by atoms with Crippen LogP contribution in [0.4, 0.5) is 0 Å². The molecule has 1 heterocycles. The highest BCUT2D eigenvalue weighted by Crippen LogP contribution is 2.37. The third-order valence-electron chi connectivity index (χ3n) is 5.24. The average Bonchev–Trinajstić information content (AvgIpc) is 2.80. The number of nitrogens with one attached hydrogen (secondary N) is 1. The topological polar surface area (TPSA) is 58.4 Å². The zero-order valence-corrected chi connectivity index (χ0v) is 12.5. The fourth-order valence-electron chi connectivity index (χ4n) is 4.07. The molecule has 1 amide bonds. The number of carbonyl (C=O) groups excluding carboxylic acids is 1. The van der Waals surface area contributed by atoms with Crippen molar-refractivity contribution in [3.63, 3.8) is 0 Å². The van der Waals surface area contributed by atoms with E-state index >= 15 is 0 Å². The summed E-state index contributed by atoms with van der Waals surface area (Å²) < 4.78 is 0. The number of rotatable bonds is 5. The Morgan fingerprint density at radius 3 is 2.84 bits per heavy atom. The maximum absolute atomic E-state index is 11.8. The molecule has 3 N–H and O–H groups in total. The first kappa shape index (κ1) is 14.8. The third-order valence-corrected chi connectivity index (χ3v) is 5.24. The van der Waals surface area contributed by atoms with Gasteiger partial charge in [0.1, 0.15) is 5.54 Å². The quantitative estimate of drug-likeness (QED) is 0.790. The lowest BCUT2D eigenvalue weighted by molar-refractivity contribution is -0.125. The van der Waals surface area contributed by atoms with Crippen molar-refractivity contribution in [2.24, 2.45) is 17.6 Å². The Bertz CT molecular complexity index is 321. The number of primary amides is 1. The highest BCUT2D eigenvalue weighted by atomic mass is 16.1. The summed E-state index contributed by atoms with van der Waals surface area (Å²) >= 11 is 0. The molecule has 1 aliphatic carbocycles. The van der Waals surface area contributed by atoms with E-state index in [1.54, 1.807) is 0 Å². The van der Waals surface area contributed by atoms with E-state index in [4.69, 9.17) is 5.73 Å². The molecule has 1 saturated heterocycles. The van der Waals surface area contributed by atoms with E-state index in [0.29, 0.717) is 5.92 Å². The number of amides is 1. The number of likely N-dealkylation sites (tertiary alicyclic amines) is 1. The van der Waals surface area contributed by atoms with Crippen molar-refractivity contribution in [3.05, 3.63) is 0 Å². The molecule has 0 aromatic carbocycles. The number of carbonyl (C=O) groups is 1. The molecule has 2 fully saturated rings. The lowest BCUT2D eigenvalue weighted by Gasteiger charge is -2.35. The van der Waals surface area contributed by atoms with Gasteiger partial charge >= 0.3 is 0 Å². The van der Waals surface area contributed by atoms with Crippen LogP contribution in [0.5, 0.6) is 0 Å². The summed E-state index contributed by atoms with van der Waals surface area (Å²) in [7, 11) is 1.88. The van der Waals surface area contributed by atoms with Crippen LogP contribution in [0.15, 0.2) is 0 Å². The van der Waals surface area contributed by atoms with Crippen molar-refractivity contribution in [2.75, 3.05) is 26.7 Å². The minimum Gasteiger partial charge on any atom is -0.368 e. The fraction of sp³-hybridized carbons (Fsp3) is 0.933. The highest BCUT2D eigenvalue weighted by molar-refractivity contribution is 5.85. The Kier molecular flexibility index (Phi) is 4.85. The van der Waals surface area contributed by atoms with Gasteiger partial charge in [-0.15, -0.1) is 0 Å². The number of nitrogens with two attached hydrogens (primary N) is 1. The summed E-state index contributed by atoms with van der Waals surface area (Å²) in [6.07, 6.45) is 6.93. The van der Waals surface area contributed by atoms with Gasteiger partial charge in [0, 0.05) is 6.54 Å². The maximum atomic E-state index is 11.8. The summed E-state index contributed by atoms with van der Waals surface area (Å²) in [6.45, 7) is 5.89. The summed E-state index contributed by atoms with van der Waals surface area (Å²) in [4.78, 5) is 14.4. The van der Waals surface area contributed by atoms with Gasteiger partial charge in [-0.1, -0.05) is 13.3 Å². The van der Waals surface area contributed by atoms with Crippen LogP contribution in [-0.2, 0) is 4.79 Å². The summed E-state index contributed by atoms with van der Waals surface area (Å²) in [5.74, 6) is 1.07. The zero-order valence-electron chi connectivity index (χ0n) is 12.5. The molecule has 110 valence electrons. The molecule has 4 heteroatoms. The van der Waals surface area contributed by atoms with Gasteiger partial charge in [-0.05, 0) is 64.1 Å². The first-order valence-electron chi connectivity index (χ1n) is 7.79. The third kappa shape index (κ3) is 3.11. The van der Waals surface area contributed by atoms with Crippen LogP contribution in [0.1, 0.15) is 45.4 Å². The van der Waals surface area contributed by atoms with E-state index in [9.17, 15) is 4.79 Å². The van der Waals surface area contributed by atoms with Crippen molar-refractivity contribution in [1.82, 2.24) is 10.2 Å². The number of likely N-dealkylation sites (N-methyl/N-ethyl adjacent to an activating group) is 1. The molecule has 4 nitrogen and oxygen atoms in total. The predicted molar refractivity (Wildman–Crippen MR) is 77.8 cm³/mol. The molecule has 0 bridgehead atoms. The van der Waals surface area contributed by atoms with E-state index in [2.05, 4.69) is 17.1 Å². The lowest BCUT2D eigenvalue weighted by Crippen LogP contribution is -2.57. The summed E-state index contributed by atoms with van der Waals surface area (Å²) in [6, 6.07) is 0. The van der Waals surface area contributed by atoms with E-state index in [1.807, 2.05) is 7.05 Å². The van der Waals surface area contributed by atoms with Gasteiger partial charge in [0.05, 0.1) is 0 Å². The lowest BCUT2D eigenvalue weighted by atomic mass is 9.83. The number of piperidine rings is 1. The Balaban J connectivity index is 1.89. The van der Waals surface area contributed by atoms with E-state index in [1.165, 1.54) is 25.9 Å². The van der Waals surface area contributed by atoms with Crippen LogP contribution in [0.3, 0.4) is 0 Å². The maximum Gasteiger partial charge on any atom is 0.238 e. The first-order valence-corrected chi connectivity index (χ1v) is 7.79. The molecule has 19 heavy (non-hydrogen) atoms. The largest absolute Gasteiger partial charge is 0.368 e. The second-order valence-electron chi connectivity index (χ2n) is 6.51. The van der Waals surface area contributed by atoms with Crippen LogP contribution >= 0.6 is 0 Å². The molecule has 0 spiro atoms. The second kappa shape index (κ2) is 6.23. The molecule has 2 aliphatic rings. The van der Waals surface area contributed by atoms with Gasteiger partial charge in [0.15, 0.2) is 0 Å². The van der Waals surface area contributed by atoms with Crippen molar-refractivity contribution >= 4 is 5.91 Å². The molecule has 0 aromatic rings. The van der Waals surface area contributed by atoms with Crippen LogP contribution in [0.25, 0.3) is 0 Å². The van der Waals surface area contributed by atoms with Crippen LogP contribution in [-0.4, -0.2) is 43.0 Å². The minimum atomic E-state index is -0.443. The van der Waals surface area contributed by atoms with Crippen molar-refractivity contribution in [3.8, 4) is 0 Å². The monoisotopic (exact) mass is 267 g/mol. The fourth-order valence-corrected chi connectivity index (χ4v) is 4.07. The average molecular weight is 267 g/mol. The summed E-state index contributed by atoms with van der Waals surface area (Å²) in [5, 5.41) is 3.23. The normalized spacial score (nSPS) is 36.5. The Morgan fingerprint density at radius 2 is 2.21 bits per heavy atom. The van der Waals surface area contributed by atoms with Crippen molar-refractivity contribution < 1.29 is 4.79 Å². The number of hydrogen-bond acceptors (Lipinski definition) is 3.